The van der Waals surface area contributed by atoms with Gasteiger partial charge >= 0.3 is 0 Å². The highest BCUT2D eigenvalue weighted by molar-refractivity contribution is 5.06. The molecular weight excluding hydrogens is 224 g/mol. The molecular formula is C14H28N4. The lowest BCUT2D eigenvalue weighted by Gasteiger charge is -2.43. The van der Waals surface area contributed by atoms with Crippen molar-refractivity contribution in [3.63, 3.8) is 0 Å². The van der Waals surface area contributed by atoms with Gasteiger partial charge in [0.2, 0.25) is 0 Å². The number of rotatable bonds is 7. The average Bonchev–Trinajstić information content (AvgIpc) is 2.73. The second-order valence-electron chi connectivity index (χ2n) is 5.40. The number of hydrogen-bond donors (Lipinski definition) is 1. The van der Waals surface area contributed by atoms with E-state index in [2.05, 4.69) is 56.2 Å². The molecule has 0 bridgehead atoms. The maximum Gasteiger partial charge on any atom is 0.0640 e. The number of aromatic nitrogens is 2. The molecule has 0 aliphatic rings. The fourth-order valence-corrected chi connectivity index (χ4v) is 2.41. The summed E-state index contributed by atoms with van der Waals surface area (Å²) in [7, 11) is 6.29. The first-order valence-electron chi connectivity index (χ1n) is 6.83. The predicted molar refractivity (Wildman–Crippen MR) is 76.8 cm³/mol. The molecule has 0 aliphatic carbocycles. The smallest absolute Gasteiger partial charge is 0.0640 e. The summed E-state index contributed by atoms with van der Waals surface area (Å²) in [5.41, 5.74) is 1.30. The highest BCUT2D eigenvalue weighted by Crippen LogP contribution is 2.23. The van der Waals surface area contributed by atoms with E-state index in [1.807, 2.05) is 17.9 Å². The average molecular weight is 252 g/mol. The minimum Gasteiger partial charge on any atom is -0.312 e. The Kier molecular flexibility index (Phi) is 5.35. The van der Waals surface area contributed by atoms with Crippen molar-refractivity contribution in [2.45, 2.75) is 45.2 Å². The molecule has 0 aromatic carbocycles. The molecule has 1 rings (SSSR count). The topological polar surface area (TPSA) is 33.1 Å². The van der Waals surface area contributed by atoms with Gasteiger partial charge in [0.15, 0.2) is 0 Å². The fourth-order valence-electron chi connectivity index (χ4n) is 2.41. The molecule has 0 radical (unpaired) electrons. The van der Waals surface area contributed by atoms with Crippen LogP contribution >= 0.6 is 0 Å². The normalized spacial score (nSPS) is 16.8. The molecule has 0 spiro atoms. The van der Waals surface area contributed by atoms with Gasteiger partial charge in [-0.05, 0) is 40.1 Å². The third-order valence-corrected chi connectivity index (χ3v) is 4.12. The minimum atomic E-state index is 0.146. The second kappa shape index (κ2) is 6.34. The Morgan fingerprint density at radius 1 is 1.44 bits per heavy atom. The Morgan fingerprint density at radius 2 is 2.11 bits per heavy atom. The van der Waals surface area contributed by atoms with Gasteiger partial charge in [-0.15, -0.1) is 0 Å². The number of hydrogen-bond acceptors (Lipinski definition) is 3. The van der Waals surface area contributed by atoms with Crippen LogP contribution in [0.5, 0.6) is 0 Å². The van der Waals surface area contributed by atoms with E-state index >= 15 is 0 Å². The summed E-state index contributed by atoms with van der Waals surface area (Å²) in [5, 5.41) is 8.12. The van der Waals surface area contributed by atoms with Gasteiger partial charge in [0, 0.05) is 31.2 Å². The largest absolute Gasteiger partial charge is 0.312 e. The van der Waals surface area contributed by atoms with E-state index < -0.39 is 0 Å². The zero-order valence-electron chi connectivity index (χ0n) is 12.7. The van der Waals surface area contributed by atoms with Gasteiger partial charge in [-0.2, -0.15) is 5.10 Å². The number of likely N-dealkylation sites (N-methyl/N-ethyl adjacent to an activating group) is 2. The molecule has 0 aliphatic heterocycles. The SMILES string of the molecule is CCNC(Cc1ccn(C)n1)C(C)(CC)N(C)C. The Bertz CT molecular complexity index is 358. The van der Waals surface area contributed by atoms with Crippen LogP contribution in [0, 0.1) is 0 Å². The first kappa shape index (κ1) is 15.2. The quantitative estimate of drug-likeness (QED) is 0.801. The second-order valence-corrected chi connectivity index (χ2v) is 5.40. The molecule has 2 unspecified atom stereocenters. The van der Waals surface area contributed by atoms with E-state index in [0.717, 1.165) is 25.1 Å². The number of nitrogens with one attached hydrogen (secondary N) is 1. The fraction of sp³-hybridized carbons (Fsp3) is 0.786. The van der Waals surface area contributed by atoms with Crippen molar-refractivity contribution < 1.29 is 0 Å². The van der Waals surface area contributed by atoms with Gasteiger partial charge in [-0.25, -0.2) is 0 Å². The molecule has 0 fully saturated rings. The maximum absolute atomic E-state index is 4.50. The first-order chi connectivity index (χ1) is 8.43. The van der Waals surface area contributed by atoms with Crippen molar-refractivity contribution in [3.05, 3.63) is 18.0 Å². The van der Waals surface area contributed by atoms with Crippen LogP contribution in [0.15, 0.2) is 12.3 Å². The van der Waals surface area contributed by atoms with Gasteiger partial charge < -0.3 is 10.2 Å². The van der Waals surface area contributed by atoms with Gasteiger partial charge in [0.05, 0.1) is 5.69 Å². The van der Waals surface area contributed by atoms with E-state index in [0.29, 0.717) is 6.04 Å². The van der Waals surface area contributed by atoms with Crippen LogP contribution in [0.3, 0.4) is 0 Å². The standard InChI is InChI=1S/C14H28N4/c1-7-14(3,17(4)5)13(15-8-2)11-12-9-10-18(6)16-12/h9-10,13,15H,7-8,11H2,1-6H3. The highest BCUT2D eigenvalue weighted by Gasteiger charge is 2.34. The van der Waals surface area contributed by atoms with Crippen LogP contribution in [0.25, 0.3) is 0 Å². The van der Waals surface area contributed by atoms with Gasteiger partial charge in [-0.1, -0.05) is 13.8 Å². The molecule has 18 heavy (non-hydrogen) atoms. The van der Waals surface area contributed by atoms with Crippen molar-refractivity contribution in [2.75, 3.05) is 20.6 Å². The van der Waals surface area contributed by atoms with Crippen molar-refractivity contribution in [2.24, 2.45) is 7.05 Å². The maximum atomic E-state index is 4.50. The molecule has 4 heteroatoms. The van der Waals surface area contributed by atoms with Crippen LogP contribution in [0.2, 0.25) is 0 Å². The lowest BCUT2D eigenvalue weighted by atomic mass is 9.85. The summed E-state index contributed by atoms with van der Waals surface area (Å²) in [6.45, 7) is 7.73. The summed E-state index contributed by atoms with van der Waals surface area (Å²) in [5.74, 6) is 0. The number of aryl methyl sites for hydroxylation is 1. The monoisotopic (exact) mass is 252 g/mol. The molecule has 104 valence electrons. The molecule has 2 atom stereocenters. The van der Waals surface area contributed by atoms with Crippen molar-refractivity contribution in [3.8, 4) is 0 Å². The molecule has 0 saturated heterocycles. The molecule has 4 nitrogen and oxygen atoms in total. The zero-order valence-corrected chi connectivity index (χ0v) is 12.7. The Labute approximate surface area is 111 Å². The summed E-state index contributed by atoms with van der Waals surface area (Å²) in [6, 6.07) is 2.52. The lowest BCUT2D eigenvalue weighted by Crippen LogP contribution is -2.57. The predicted octanol–water partition coefficient (Wildman–Crippen LogP) is 1.67. The Balaban J connectivity index is 2.87. The van der Waals surface area contributed by atoms with E-state index in [1.165, 1.54) is 0 Å². The van der Waals surface area contributed by atoms with Crippen LogP contribution in [0.4, 0.5) is 0 Å². The number of nitrogens with zero attached hydrogens (tertiary/aromatic N) is 3. The Morgan fingerprint density at radius 3 is 2.50 bits per heavy atom. The molecule has 1 N–H and O–H groups in total. The summed E-state index contributed by atoms with van der Waals surface area (Å²) < 4.78 is 1.87. The van der Waals surface area contributed by atoms with E-state index in [1.54, 1.807) is 0 Å². The van der Waals surface area contributed by atoms with Crippen molar-refractivity contribution in [1.29, 1.82) is 0 Å². The van der Waals surface area contributed by atoms with Gasteiger partial charge in [-0.3, -0.25) is 4.68 Å². The highest BCUT2D eigenvalue weighted by atomic mass is 15.3. The third kappa shape index (κ3) is 3.33. The van der Waals surface area contributed by atoms with Crippen LogP contribution < -0.4 is 5.32 Å². The molecule has 1 aromatic heterocycles. The van der Waals surface area contributed by atoms with Crippen LogP contribution in [0.1, 0.15) is 32.9 Å². The Hall–Kier alpha value is -0.870. The van der Waals surface area contributed by atoms with E-state index in [4.69, 9.17) is 0 Å². The minimum absolute atomic E-state index is 0.146. The van der Waals surface area contributed by atoms with Gasteiger partial charge in [0.25, 0.3) is 0 Å². The van der Waals surface area contributed by atoms with Crippen LogP contribution in [-0.4, -0.2) is 46.9 Å². The van der Waals surface area contributed by atoms with Crippen molar-refractivity contribution >= 4 is 0 Å². The zero-order chi connectivity index (χ0) is 13.8. The molecule has 1 aromatic rings. The van der Waals surface area contributed by atoms with Crippen molar-refractivity contribution in [1.82, 2.24) is 20.0 Å². The summed E-state index contributed by atoms with van der Waals surface area (Å²) in [6.07, 6.45) is 4.10. The summed E-state index contributed by atoms with van der Waals surface area (Å²) >= 11 is 0. The van der Waals surface area contributed by atoms with E-state index in [9.17, 15) is 0 Å². The summed E-state index contributed by atoms with van der Waals surface area (Å²) in [4.78, 5) is 2.32. The van der Waals surface area contributed by atoms with E-state index in [-0.39, 0.29) is 5.54 Å². The molecule has 0 amide bonds. The lowest BCUT2D eigenvalue weighted by molar-refractivity contribution is 0.113. The van der Waals surface area contributed by atoms with Gasteiger partial charge in [0.1, 0.15) is 0 Å². The molecule has 0 saturated carbocycles. The van der Waals surface area contributed by atoms with Crippen LogP contribution in [-0.2, 0) is 13.5 Å². The third-order valence-electron chi connectivity index (χ3n) is 4.12. The first-order valence-corrected chi connectivity index (χ1v) is 6.83. The molecule has 1 heterocycles.